The van der Waals surface area contributed by atoms with Crippen LogP contribution in [0.4, 0.5) is 4.39 Å². The third kappa shape index (κ3) is 1.26. The summed E-state index contributed by atoms with van der Waals surface area (Å²) in [4.78, 5) is 11.6. The third-order valence-corrected chi connectivity index (χ3v) is 2.60. The normalized spacial score (nSPS) is 27.1. The number of Topliss-reactive ketones (excluding diaryl/α,β-unsaturated/α-hetero) is 1. The summed E-state index contributed by atoms with van der Waals surface area (Å²) in [7, 11) is 0. The van der Waals surface area contributed by atoms with E-state index in [1.807, 2.05) is 12.1 Å². The topological polar surface area (TPSA) is 17.1 Å². The van der Waals surface area contributed by atoms with E-state index in [9.17, 15) is 9.18 Å². The molecule has 0 N–H and O–H groups in total. The van der Waals surface area contributed by atoms with Crippen LogP contribution in [-0.2, 0) is 6.42 Å². The molecule has 0 saturated carbocycles. The number of benzene rings is 1. The van der Waals surface area contributed by atoms with E-state index in [0.717, 1.165) is 5.56 Å². The molecule has 0 aromatic heterocycles. The first-order valence-electron chi connectivity index (χ1n) is 4.43. The smallest absolute Gasteiger partial charge is 0.199 e. The van der Waals surface area contributed by atoms with Crippen molar-refractivity contribution in [1.82, 2.24) is 0 Å². The predicted molar refractivity (Wildman–Crippen MR) is 48.6 cm³/mol. The maximum atomic E-state index is 13.6. The van der Waals surface area contributed by atoms with Crippen LogP contribution in [0.5, 0.6) is 0 Å². The highest BCUT2D eigenvalue weighted by Gasteiger charge is 2.37. The number of halogens is 1. The molecule has 1 aliphatic carbocycles. The van der Waals surface area contributed by atoms with Crippen LogP contribution in [0, 0.1) is 0 Å². The highest BCUT2D eigenvalue weighted by atomic mass is 19.1. The van der Waals surface area contributed by atoms with Crippen LogP contribution >= 0.6 is 0 Å². The Labute approximate surface area is 76.6 Å². The first-order chi connectivity index (χ1) is 6.11. The highest BCUT2D eigenvalue weighted by molar-refractivity contribution is 6.04. The number of carbonyl (C=O) groups excluding carboxylic acids is 1. The van der Waals surface area contributed by atoms with E-state index in [2.05, 4.69) is 0 Å². The average molecular weight is 178 g/mol. The maximum Gasteiger partial charge on any atom is 0.199 e. The van der Waals surface area contributed by atoms with Crippen molar-refractivity contribution in [3.8, 4) is 0 Å². The molecule has 1 atom stereocenters. The summed E-state index contributed by atoms with van der Waals surface area (Å²) in [5.41, 5.74) is -0.129. The van der Waals surface area contributed by atoms with Crippen molar-refractivity contribution in [2.45, 2.75) is 25.4 Å². The summed E-state index contributed by atoms with van der Waals surface area (Å²) in [6, 6.07) is 7.25. The van der Waals surface area contributed by atoms with Gasteiger partial charge in [-0.05, 0) is 25.3 Å². The first kappa shape index (κ1) is 8.42. The number of ketones is 1. The van der Waals surface area contributed by atoms with Gasteiger partial charge in [-0.15, -0.1) is 0 Å². The molecule has 1 nitrogen and oxygen atoms in total. The molecule has 1 aromatic carbocycles. The van der Waals surface area contributed by atoms with Gasteiger partial charge in [-0.3, -0.25) is 4.79 Å². The Morgan fingerprint density at radius 1 is 1.38 bits per heavy atom. The zero-order chi connectivity index (χ0) is 9.47. The number of carbonyl (C=O) groups is 1. The number of hydrogen-bond donors (Lipinski definition) is 0. The molecular weight excluding hydrogens is 167 g/mol. The minimum atomic E-state index is -1.66. The molecule has 0 saturated heterocycles. The number of fused-ring (bicyclic) bond motifs is 1. The molecule has 0 bridgehead atoms. The van der Waals surface area contributed by atoms with E-state index in [4.69, 9.17) is 0 Å². The second kappa shape index (κ2) is 2.66. The quantitative estimate of drug-likeness (QED) is 0.596. The molecule has 2 heteroatoms. The van der Waals surface area contributed by atoms with Crippen molar-refractivity contribution < 1.29 is 9.18 Å². The van der Waals surface area contributed by atoms with Crippen molar-refractivity contribution in [2.75, 3.05) is 0 Å². The lowest BCUT2D eigenvalue weighted by atomic mass is 9.82. The fraction of sp³-hybridized carbons (Fsp3) is 0.364. The molecule has 13 heavy (non-hydrogen) atoms. The zero-order valence-corrected chi connectivity index (χ0v) is 7.51. The summed E-state index contributed by atoms with van der Waals surface area (Å²) in [6.07, 6.45) is 0.970. The molecular formula is C11H11FO. The number of hydrogen-bond acceptors (Lipinski definition) is 1. The fourth-order valence-corrected chi connectivity index (χ4v) is 1.72. The van der Waals surface area contributed by atoms with E-state index >= 15 is 0 Å². The molecule has 0 unspecified atom stereocenters. The van der Waals surface area contributed by atoms with Gasteiger partial charge in [-0.1, -0.05) is 24.3 Å². The van der Waals surface area contributed by atoms with Gasteiger partial charge < -0.3 is 0 Å². The lowest BCUT2D eigenvalue weighted by Gasteiger charge is -2.25. The average Bonchev–Trinajstić information content (AvgIpc) is 2.13. The Kier molecular flexibility index (Phi) is 1.72. The van der Waals surface area contributed by atoms with Crippen LogP contribution in [0.3, 0.4) is 0 Å². The third-order valence-electron chi connectivity index (χ3n) is 2.60. The molecule has 2 rings (SSSR count). The fourth-order valence-electron chi connectivity index (χ4n) is 1.72. The van der Waals surface area contributed by atoms with E-state index < -0.39 is 5.67 Å². The van der Waals surface area contributed by atoms with Crippen LogP contribution in [0.2, 0.25) is 0 Å². The molecule has 68 valence electrons. The number of aryl methyl sites for hydroxylation is 1. The molecule has 0 aliphatic heterocycles. The van der Waals surface area contributed by atoms with Gasteiger partial charge >= 0.3 is 0 Å². The van der Waals surface area contributed by atoms with Gasteiger partial charge in [0.1, 0.15) is 0 Å². The van der Waals surface area contributed by atoms with Gasteiger partial charge in [0.05, 0.1) is 0 Å². The van der Waals surface area contributed by atoms with Crippen molar-refractivity contribution in [1.29, 1.82) is 0 Å². The monoisotopic (exact) mass is 178 g/mol. The Bertz CT molecular complexity index is 355. The summed E-state index contributed by atoms with van der Waals surface area (Å²) in [6.45, 7) is 1.37. The summed E-state index contributed by atoms with van der Waals surface area (Å²) in [5, 5.41) is 0. The molecule has 1 aromatic rings. The van der Waals surface area contributed by atoms with Gasteiger partial charge in [0.2, 0.25) is 0 Å². The summed E-state index contributed by atoms with van der Waals surface area (Å²) in [5.74, 6) is -0.366. The highest BCUT2D eigenvalue weighted by Crippen LogP contribution is 2.30. The lowest BCUT2D eigenvalue weighted by Crippen LogP contribution is -2.35. The van der Waals surface area contributed by atoms with E-state index in [1.54, 1.807) is 12.1 Å². The Morgan fingerprint density at radius 2 is 2.08 bits per heavy atom. The van der Waals surface area contributed by atoms with Gasteiger partial charge in [0.25, 0.3) is 0 Å². The van der Waals surface area contributed by atoms with Gasteiger partial charge in [0.15, 0.2) is 11.5 Å². The van der Waals surface area contributed by atoms with Crippen molar-refractivity contribution in [3.05, 3.63) is 35.4 Å². The van der Waals surface area contributed by atoms with Crippen LogP contribution in [0.25, 0.3) is 0 Å². The van der Waals surface area contributed by atoms with E-state index in [-0.39, 0.29) is 5.78 Å². The first-order valence-corrected chi connectivity index (χ1v) is 4.43. The zero-order valence-electron chi connectivity index (χ0n) is 7.51. The largest absolute Gasteiger partial charge is 0.291 e. The standard InChI is InChI=1S/C11H11FO/c1-11(12)7-6-8-4-2-3-5-9(8)10(11)13/h2-5H,6-7H2,1H3/t11-/m0/s1. The second-order valence-electron chi connectivity index (χ2n) is 3.68. The Hall–Kier alpha value is -1.18. The van der Waals surface area contributed by atoms with Crippen molar-refractivity contribution in [3.63, 3.8) is 0 Å². The van der Waals surface area contributed by atoms with Crippen LogP contribution in [0.15, 0.2) is 24.3 Å². The Morgan fingerprint density at radius 3 is 2.85 bits per heavy atom. The van der Waals surface area contributed by atoms with Crippen LogP contribution < -0.4 is 0 Å². The van der Waals surface area contributed by atoms with Crippen LogP contribution in [0.1, 0.15) is 29.3 Å². The van der Waals surface area contributed by atoms with Crippen LogP contribution in [-0.4, -0.2) is 11.5 Å². The maximum absolute atomic E-state index is 13.6. The van der Waals surface area contributed by atoms with Gasteiger partial charge in [-0.25, -0.2) is 4.39 Å². The molecule has 0 heterocycles. The summed E-state index contributed by atoms with van der Waals surface area (Å²) < 4.78 is 13.6. The minimum Gasteiger partial charge on any atom is -0.291 e. The molecule has 0 fully saturated rings. The van der Waals surface area contributed by atoms with Crippen molar-refractivity contribution >= 4 is 5.78 Å². The lowest BCUT2D eigenvalue weighted by molar-refractivity contribution is 0.0684. The predicted octanol–water partition coefficient (Wildman–Crippen LogP) is 2.54. The van der Waals surface area contributed by atoms with Gasteiger partial charge in [-0.2, -0.15) is 0 Å². The molecule has 0 spiro atoms. The summed E-state index contributed by atoms with van der Waals surface area (Å²) >= 11 is 0. The Balaban J connectivity index is 2.52. The molecule has 1 aliphatic rings. The second-order valence-corrected chi connectivity index (χ2v) is 3.68. The molecule has 0 radical (unpaired) electrons. The molecule has 0 amide bonds. The number of alkyl halides is 1. The van der Waals surface area contributed by atoms with Crippen molar-refractivity contribution in [2.24, 2.45) is 0 Å². The van der Waals surface area contributed by atoms with E-state index in [1.165, 1.54) is 6.92 Å². The minimum absolute atomic E-state index is 0.308. The van der Waals surface area contributed by atoms with E-state index in [0.29, 0.717) is 18.4 Å². The van der Waals surface area contributed by atoms with Gasteiger partial charge in [0, 0.05) is 5.56 Å². The number of rotatable bonds is 0. The SMILES string of the molecule is C[C@]1(F)CCc2ccccc2C1=O.